The van der Waals surface area contributed by atoms with E-state index in [2.05, 4.69) is 27.1 Å². The molecule has 0 amide bonds. The molecule has 1 aromatic carbocycles. The van der Waals surface area contributed by atoms with Gasteiger partial charge in [-0.15, -0.1) is 0 Å². The highest BCUT2D eigenvalue weighted by Gasteiger charge is 1.94. The monoisotopic (exact) mass is 226 g/mol. The van der Waals surface area contributed by atoms with E-state index in [1.807, 2.05) is 31.2 Å². The minimum Gasteiger partial charge on any atom is -0.0943 e. The molecule has 56 valence electrons. The molecule has 1 rings (SSSR count). The first kappa shape index (κ1) is 8.70. The third-order valence-corrected chi connectivity index (χ3v) is 2.94. The first-order valence-corrected chi connectivity index (χ1v) is 4.78. The molecule has 0 saturated heterocycles. The SMILES string of the molecule is CC#CSc1ccccc1Br. The lowest BCUT2D eigenvalue weighted by atomic mass is 10.4. The summed E-state index contributed by atoms with van der Waals surface area (Å²) in [5.41, 5.74) is 0. The van der Waals surface area contributed by atoms with Crippen molar-refractivity contribution in [2.45, 2.75) is 11.8 Å². The van der Waals surface area contributed by atoms with Crippen molar-refractivity contribution >= 4 is 27.7 Å². The average Bonchev–Trinajstić information content (AvgIpc) is 2.03. The highest BCUT2D eigenvalue weighted by molar-refractivity contribution is 9.10. The van der Waals surface area contributed by atoms with Crippen LogP contribution in [0.5, 0.6) is 0 Å². The first-order chi connectivity index (χ1) is 5.34. The molecule has 0 aliphatic heterocycles. The standard InChI is InChI=1S/C9H7BrS/c1-2-7-11-9-6-4-3-5-8(9)10/h3-6H,1H3. The number of hydrogen-bond donors (Lipinski definition) is 0. The van der Waals surface area contributed by atoms with E-state index in [0.717, 1.165) is 4.47 Å². The maximum Gasteiger partial charge on any atom is 0.0345 e. The van der Waals surface area contributed by atoms with Crippen LogP contribution in [0.4, 0.5) is 0 Å². The Labute approximate surface area is 79.5 Å². The average molecular weight is 227 g/mol. The van der Waals surface area contributed by atoms with Crippen molar-refractivity contribution in [1.82, 2.24) is 0 Å². The van der Waals surface area contributed by atoms with Gasteiger partial charge in [0, 0.05) is 9.37 Å². The summed E-state index contributed by atoms with van der Waals surface area (Å²) in [5, 5.41) is 2.94. The van der Waals surface area contributed by atoms with Crippen molar-refractivity contribution in [2.75, 3.05) is 0 Å². The van der Waals surface area contributed by atoms with E-state index < -0.39 is 0 Å². The molecule has 0 aliphatic rings. The number of benzene rings is 1. The summed E-state index contributed by atoms with van der Waals surface area (Å²) in [7, 11) is 0. The molecule has 0 radical (unpaired) electrons. The Morgan fingerprint density at radius 2 is 2.09 bits per heavy atom. The summed E-state index contributed by atoms with van der Waals surface area (Å²) in [5.74, 6) is 2.84. The van der Waals surface area contributed by atoms with Crippen LogP contribution in [0.1, 0.15) is 6.92 Å². The van der Waals surface area contributed by atoms with E-state index in [1.54, 1.807) is 0 Å². The predicted octanol–water partition coefficient (Wildman–Crippen LogP) is 3.52. The molecule has 2 heteroatoms. The van der Waals surface area contributed by atoms with Crippen LogP contribution in [0.2, 0.25) is 0 Å². The molecule has 0 aliphatic carbocycles. The lowest BCUT2D eigenvalue weighted by molar-refractivity contribution is 1.42. The second kappa shape index (κ2) is 4.48. The van der Waals surface area contributed by atoms with Crippen molar-refractivity contribution in [3.05, 3.63) is 28.7 Å². The van der Waals surface area contributed by atoms with Gasteiger partial charge in [0.25, 0.3) is 0 Å². The molecule has 0 spiro atoms. The zero-order chi connectivity index (χ0) is 8.10. The quantitative estimate of drug-likeness (QED) is 0.522. The maximum absolute atomic E-state index is 3.44. The van der Waals surface area contributed by atoms with Crippen LogP contribution < -0.4 is 0 Å². The van der Waals surface area contributed by atoms with Crippen molar-refractivity contribution in [3.63, 3.8) is 0 Å². The minimum absolute atomic E-state index is 1.10. The largest absolute Gasteiger partial charge is 0.0943 e. The molecule has 0 unspecified atom stereocenters. The second-order valence-corrected chi connectivity index (χ2v) is 3.59. The normalized spacial score (nSPS) is 8.55. The molecular formula is C9H7BrS. The molecule has 0 bridgehead atoms. The summed E-state index contributed by atoms with van der Waals surface area (Å²) in [4.78, 5) is 1.17. The van der Waals surface area contributed by atoms with E-state index in [1.165, 1.54) is 16.7 Å². The second-order valence-electron chi connectivity index (χ2n) is 1.88. The van der Waals surface area contributed by atoms with Gasteiger partial charge in [-0.25, -0.2) is 0 Å². The first-order valence-electron chi connectivity index (χ1n) is 3.17. The van der Waals surface area contributed by atoms with E-state index >= 15 is 0 Å². The number of thioether (sulfide) groups is 1. The lowest BCUT2D eigenvalue weighted by Crippen LogP contribution is -1.69. The highest BCUT2D eigenvalue weighted by atomic mass is 79.9. The molecule has 11 heavy (non-hydrogen) atoms. The molecule has 0 aromatic heterocycles. The summed E-state index contributed by atoms with van der Waals surface area (Å²) >= 11 is 4.98. The van der Waals surface area contributed by atoms with Crippen LogP contribution >= 0.6 is 27.7 Å². The van der Waals surface area contributed by atoms with E-state index in [4.69, 9.17) is 0 Å². The molecule has 0 heterocycles. The number of halogens is 1. The van der Waals surface area contributed by atoms with Gasteiger partial charge < -0.3 is 0 Å². The van der Waals surface area contributed by atoms with Crippen LogP contribution in [0, 0.1) is 11.2 Å². The predicted molar refractivity (Wildman–Crippen MR) is 53.4 cm³/mol. The highest BCUT2D eigenvalue weighted by Crippen LogP contribution is 2.25. The van der Waals surface area contributed by atoms with Gasteiger partial charge in [0.15, 0.2) is 0 Å². The Hall–Kier alpha value is -0.390. The van der Waals surface area contributed by atoms with E-state index in [-0.39, 0.29) is 0 Å². The molecule has 0 saturated carbocycles. The van der Waals surface area contributed by atoms with Gasteiger partial charge in [0.2, 0.25) is 0 Å². The fraction of sp³-hybridized carbons (Fsp3) is 0.111. The van der Waals surface area contributed by atoms with Gasteiger partial charge in [0.1, 0.15) is 0 Å². The van der Waals surface area contributed by atoms with Gasteiger partial charge >= 0.3 is 0 Å². The summed E-state index contributed by atoms with van der Waals surface area (Å²) < 4.78 is 1.10. The van der Waals surface area contributed by atoms with E-state index in [0.29, 0.717) is 0 Å². The Bertz CT molecular complexity index is 296. The Balaban J connectivity index is 2.83. The Morgan fingerprint density at radius 3 is 2.73 bits per heavy atom. The summed E-state index contributed by atoms with van der Waals surface area (Å²) in [6.07, 6.45) is 0. The lowest BCUT2D eigenvalue weighted by Gasteiger charge is -1.95. The number of rotatable bonds is 1. The van der Waals surface area contributed by atoms with Gasteiger partial charge in [-0.1, -0.05) is 18.1 Å². The van der Waals surface area contributed by atoms with Gasteiger partial charge in [-0.05, 0) is 52.0 Å². The fourth-order valence-electron chi connectivity index (χ4n) is 0.634. The Morgan fingerprint density at radius 1 is 1.36 bits per heavy atom. The smallest absolute Gasteiger partial charge is 0.0345 e. The topological polar surface area (TPSA) is 0 Å². The van der Waals surface area contributed by atoms with E-state index in [9.17, 15) is 0 Å². The van der Waals surface area contributed by atoms with Crippen LogP contribution in [-0.2, 0) is 0 Å². The minimum atomic E-state index is 1.10. The van der Waals surface area contributed by atoms with Crippen molar-refractivity contribution < 1.29 is 0 Å². The molecule has 0 fully saturated rings. The van der Waals surface area contributed by atoms with Crippen LogP contribution in [-0.4, -0.2) is 0 Å². The van der Waals surface area contributed by atoms with Gasteiger partial charge in [-0.2, -0.15) is 0 Å². The fourth-order valence-corrected chi connectivity index (χ4v) is 1.69. The summed E-state index contributed by atoms with van der Waals surface area (Å²) in [6, 6.07) is 8.05. The zero-order valence-electron chi connectivity index (χ0n) is 6.10. The summed E-state index contributed by atoms with van der Waals surface area (Å²) in [6.45, 7) is 1.84. The van der Waals surface area contributed by atoms with Crippen LogP contribution in [0.15, 0.2) is 33.6 Å². The number of hydrogen-bond acceptors (Lipinski definition) is 1. The maximum atomic E-state index is 3.44. The third kappa shape index (κ3) is 2.61. The Kier molecular flexibility index (Phi) is 3.55. The molecule has 0 atom stereocenters. The molecular weight excluding hydrogens is 220 g/mol. The third-order valence-electron chi connectivity index (χ3n) is 1.10. The van der Waals surface area contributed by atoms with Crippen molar-refractivity contribution in [1.29, 1.82) is 0 Å². The van der Waals surface area contributed by atoms with Crippen LogP contribution in [0.25, 0.3) is 0 Å². The van der Waals surface area contributed by atoms with Crippen LogP contribution in [0.3, 0.4) is 0 Å². The van der Waals surface area contributed by atoms with Crippen molar-refractivity contribution in [2.24, 2.45) is 0 Å². The van der Waals surface area contributed by atoms with Gasteiger partial charge in [-0.3, -0.25) is 0 Å². The molecule has 0 nitrogen and oxygen atoms in total. The van der Waals surface area contributed by atoms with Gasteiger partial charge in [0.05, 0.1) is 0 Å². The van der Waals surface area contributed by atoms with Crippen molar-refractivity contribution in [3.8, 4) is 11.2 Å². The molecule has 0 N–H and O–H groups in total. The molecule has 1 aromatic rings. The zero-order valence-corrected chi connectivity index (χ0v) is 8.50.